The van der Waals surface area contributed by atoms with E-state index >= 15 is 0 Å². The van der Waals surface area contributed by atoms with Crippen molar-refractivity contribution in [1.29, 1.82) is 0 Å². The highest BCUT2D eigenvalue weighted by Gasteiger charge is 2.25. The Morgan fingerprint density at radius 1 is 1.50 bits per heavy atom. The van der Waals surface area contributed by atoms with Crippen molar-refractivity contribution in [3.63, 3.8) is 0 Å². The van der Waals surface area contributed by atoms with Crippen molar-refractivity contribution in [2.75, 3.05) is 18.0 Å². The van der Waals surface area contributed by atoms with Gasteiger partial charge in [-0.25, -0.2) is 9.97 Å². The quantitative estimate of drug-likeness (QED) is 0.794. The third-order valence-corrected chi connectivity index (χ3v) is 2.95. The molecule has 16 heavy (non-hydrogen) atoms. The first-order valence-electron chi connectivity index (χ1n) is 5.13. The monoisotopic (exact) mass is 241 g/mol. The van der Waals surface area contributed by atoms with Crippen LogP contribution < -0.4 is 4.90 Å². The Hall–Kier alpha value is -1.36. The van der Waals surface area contributed by atoms with Crippen LogP contribution in [0.4, 0.5) is 5.95 Å². The highest BCUT2D eigenvalue weighted by molar-refractivity contribution is 6.29. The summed E-state index contributed by atoms with van der Waals surface area (Å²) in [6.07, 6.45) is 2.87. The molecule has 0 bridgehead atoms. The van der Waals surface area contributed by atoms with E-state index in [1.54, 1.807) is 12.3 Å². The van der Waals surface area contributed by atoms with E-state index in [1.165, 1.54) is 0 Å². The number of carboxylic acid groups (broad SMARTS) is 1. The second kappa shape index (κ2) is 4.65. The van der Waals surface area contributed by atoms with E-state index in [9.17, 15) is 4.79 Å². The summed E-state index contributed by atoms with van der Waals surface area (Å²) < 4.78 is 0. The van der Waals surface area contributed by atoms with Gasteiger partial charge in [0.15, 0.2) is 0 Å². The number of rotatable bonds is 2. The second-order valence-corrected chi connectivity index (χ2v) is 4.17. The molecule has 0 atom stereocenters. The fourth-order valence-corrected chi connectivity index (χ4v) is 1.94. The first-order chi connectivity index (χ1) is 7.66. The zero-order valence-electron chi connectivity index (χ0n) is 8.64. The van der Waals surface area contributed by atoms with Crippen molar-refractivity contribution in [2.45, 2.75) is 12.8 Å². The van der Waals surface area contributed by atoms with Gasteiger partial charge in [-0.3, -0.25) is 4.79 Å². The van der Waals surface area contributed by atoms with Crippen molar-refractivity contribution in [1.82, 2.24) is 9.97 Å². The largest absolute Gasteiger partial charge is 0.481 e. The molecule has 0 aromatic carbocycles. The number of hydrogen-bond donors (Lipinski definition) is 1. The van der Waals surface area contributed by atoms with Gasteiger partial charge in [0, 0.05) is 19.3 Å². The van der Waals surface area contributed by atoms with Crippen molar-refractivity contribution < 1.29 is 9.90 Å². The Kier molecular flexibility index (Phi) is 3.24. The molecule has 1 fully saturated rings. The number of piperidine rings is 1. The van der Waals surface area contributed by atoms with Crippen LogP contribution in [-0.4, -0.2) is 34.1 Å². The summed E-state index contributed by atoms with van der Waals surface area (Å²) in [5.41, 5.74) is 0. The predicted molar refractivity (Wildman–Crippen MR) is 59.6 cm³/mol. The van der Waals surface area contributed by atoms with Crippen molar-refractivity contribution >= 4 is 23.5 Å². The van der Waals surface area contributed by atoms with Gasteiger partial charge >= 0.3 is 5.97 Å². The van der Waals surface area contributed by atoms with E-state index in [0.29, 0.717) is 37.0 Å². The summed E-state index contributed by atoms with van der Waals surface area (Å²) in [5.74, 6) is -0.376. The fraction of sp³-hybridized carbons (Fsp3) is 0.500. The van der Waals surface area contributed by atoms with Crippen molar-refractivity contribution in [3.05, 3.63) is 17.4 Å². The zero-order chi connectivity index (χ0) is 11.5. The lowest BCUT2D eigenvalue weighted by Gasteiger charge is -2.29. The summed E-state index contributed by atoms with van der Waals surface area (Å²) in [7, 11) is 0. The fourth-order valence-electron chi connectivity index (χ4n) is 1.81. The first-order valence-corrected chi connectivity index (χ1v) is 5.51. The molecule has 1 aromatic heterocycles. The van der Waals surface area contributed by atoms with Gasteiger partial charge in [-0.05, 0) is 18.9 Å². The average molecular weight is 242 g/mol. The van der Waals surface area contributed by atoms with Gasteiger partial charge in [0.2, 0.25) is 5.95 Å². The number of anilines is 1. The van der Waals surface area contributed by atoms with Crippen LogP contribution in [0.1, 0.15) is 12.8 Å². The third-order valence-electron chi connectivity index (χ3n) is 2.74. The number of aliphatic carboxylic acids is 1. The van der Waals surface area contributed by atoms with Crippen LogP contribution in [0.2, 0.25) is 5.15 Å². The van der Waals surface area contributed by atoms with Crippen LogP contribution in [0, 0.1) is 5.92 Å². The molecule has 1 saturated heterocycles. The third kappa shape index (κ3) is 2.41. The van der Waals surface area contributed by atoms with Crippen molar-refractivity contribution in [3.8, 4) is 0 Å². The Labute approximate surface area is 98.1 Å². The average Bonchev–Trinajstić information content (AvgIpc) is 2.29. The zero-order valence-corrected chi connectivity index (χ0v) is 9.39. The summed E-state index contributed by atoms with van der Waals surface area (Å²) in [4.78, 5) is 21.0. The highest BCUT2D eigenvalue weighted by Crippen LogP contribution is 2.21. The Bertz CT molecular complexity index is 391. The lowest BCUT2D eigenvalue weighted by Crippen LogP contribution is -2.37. The van der Waals surface area contributed by atoms with Crippen LogP contribution in [0.3, 0.4) is 0 Å². The lowest BCUT2D eigenvalue weighted by atomic mass is 9.97. The number of nitrogens with zero attached hydrogens (tertiary/aromatic N) is 3. The van der Waals surface area contributed by atoms with Gasteiger partial charge in [0.1, 0.15) is 5.15 Å². The maximum absolute atomic E-state index is 10.8. The summed E-state index contributed by atoms with van der Waals surface area (Å²) in [6, 6.07) is 1.62. The minimum absolute atomic E-state index is 0.240. The van der Waals surface area contributed by atoms with E-state index < -0.39 is 5.97 Å². The Morgan fingerprint density at radius 3 is 2.75 bits per heavy atom. The lowest BCUT2D eigenvalue weighted by molar-refractivity contribution is -0.142. The molecule has 1 aromatic rings. The van der Waals surface area contributed by atoms with E-state index in [-0.39, 0.29) is 5.92 Å². The number of hydrogen-bond acceptors (Lipinski definition) is 4. The van der Waals surface area contributed by atoms with E-state index in [2.05, 4.69) is 9.97 Å². The molecular formula is C10H12ClN3O2. The predicted octanol–water partition coefficient (Wildman–Crippen LogP) is 1.43. The van der Waals surface area contributed by atoms with Gasteiger partial charge in [-0.1, -0.05) is 11.6 Å². The summed E-state index contributed by atoms with van der Waals surface area (Å²) >= 11 is 5.77. The summed E-state index contributed by atoms with van der Waals surface area (Å²) in [5, 5.41) is 9.28. The second-order valence-electron chi connectivity index (χ2n) is 3.78. The van der Waals surface area contributed by atoms with Crippen molar-refractivity contribution in [2.24, 2.45) is 5.92 Å². The molecular weight excluding hydrogens is 230 g/mol. The molecule has 2 heterocycles. The molecule has 5 nitrogen and oxygen atoms in total. The normalized spacial score (nSPS) is 17.4. The molecule has 86 valence electrons. The minimum Gasteiger partial charge on any atom is -0.481 e. The SMILES string of the molecule is O=C(O)C1CCN(c2nccc(Cl)n2)CC1. The number of aromatic nitrogens is 2. The molecule has 0 spiro atoms. The smallest absolute Gasteiger partial charge is 0.306 e. The molecule has 2 rings (SSSR count). The van der Waals surface area contributed by atoms with Gasteiger partial charge in [0.25, 0.3) is 0 Å². The van der Waals surface area contributed by atoms with E-state index in [4.69, 9.17) is 16.7 Å². The van der Waals surface area contributed by atoms with Crippen LogP contribution >= 0.6 is 11.6 Å². The molecule has 1 N–H and O–H groups in total. The molecule has 6 heteroatoms. The molecule has 0 amide bonds. The summed E-state index contributed by atoms with van der Waals surface area (Å²) in [6.45, 7) is 1.33. The van der Waals surface area contributed by atoms with Gasteiger partial charge in [-0.2, -0.15) is 0 Å². The van der Waals surface area contributed by atoms with E-state index in [1.807, 2.05) is 4.90 Å². The molecule has 0 saturated carbocycles. The number of carbonyl (C=O) groups is 1. The highest BCUT2D eigenvalue weighted by atomic mass is 35.5. The van der Waals surface area contributed by atoms with Gasteiger partial charge < -0.3 is 10.0 Å². The Balaban J connectivity index is 2.01. The van der Waals surface area contributed by atoms with Crippen LogP contribution in [0.15, 0.2) is 12.3 Å². The maximum Gasteiger partial charge on any atom is 0.306 e. The maximum atomic E-state index is 10.8. The molecule has 1 aliphatic rings. The molecule has 0 aliphatic carbocycles. The van der Waals surface area contributed by atoms with Crippen LogP contribution in [-0.2, 0) is 4.79 Å². The van der Waals surface area contributed by atoms with Gasteiger partial charge in [0.05, 0.1) is 5.92 Å². The molecule has 0 radical (unpaired) electrons. The van der Waals surface area contributed by atoms with Crippen LogP contribution in [0.25, 0.3) is 0 Å². The van der Waals surface area contributed by atoms with Crippen LogP contribution in [0.5, 0.6) is 0 Å². The molecule has 0 unspecified atom stereocenters. The number of halogens is 1. The Morgan fingerprint density at radius 2 is 2.19 bits per heavy atom. The number of carboxylic acids is 1. The van der Waals surface area contributed by atoms with E-state index in [0.717, 1.165) is 0 Å². The first kappa shape index (κ1) is 11.1. The minimum atomic E-state index is -0.716. The topological polar surface area (TPSA) is 66.3 Å². The molecule has 1 aliphatic heterocycles. The standard InChI is InChI=1S/C10H12ClN3O2/c11-8-1-4-12-10(13-8)14-5-2-7(3-6-14)9(15)16/h1,4,7H,2-3,5-6H2,(H,15,16). The van der Waals surface area contributed by atoms with Gasteiger partial charge in [-0.15, -0.1) is 0 Å².